The van der Waals surface area contributed by atoms with Crippen molar-refractivity contribution in [1.82, 2.24) is 5.32 Å². The third kappa shape index (κ3) is 4.05. The zero-order valence-corrected chi connectivity index (χ0v) is 12.3. The van der Waals surface area contributed by atoms with Gasteiger partial charge in [0, 0.05) is 5.02 Å². The number of thiol groups is 1. The van der Waals surface area contributed by atoms with E-state index in [0.717, 1.165) is 4.31 Å². The number of rotatable bonds is 3. The molecule has 0 spiro atoms. The maximum Gasteiger partial charge on any atom is 0.345 e. The lowest BCUT2D eigenvalue weighted by atomic mass is 10.3. The maximum absolute atomic E-state index is 11.4. The number of ether oxygens (including phenoxy) is 1. The van der Waals surface area contributed by atoms with Gasteiger partial charge < -0.3 is 4.74 Å². The van der Waals surface area contributed by atoms with Crippen LogP contribution in [0, 0.1) is 11.5 Å². The first-order chi connectivity index (χ1) is 10.1. The van der Waals surface area contributed by atoms with Crippen molar-refractivity contribution in [3.63, 3.8) is 0 Å². The Bertz CT molecular complexity index is 668. The predicted octanol–water partition coefficient (Wildman–Crippen LogP) is 3.97. The summed E-state index contributed by atoms with van der Waals surface area (Å²) in [5.41, 5.74) is 0.509. The van der Waals surface area contributed by atoms with Crippen LogP contribution in [0.5, 0.6) is 11.5 Å². The third-order valence-corrected chi connectivity index (χ3v) is 3.15. The Kier molecular flexibility index (Phi) is 4.93. The van der Waals surface area contributed by atoms with Crippen LogP contribution in [0.25, 0.3) is 0 Å². The van der Waals surface area contributed by atoms with Gasteiger partial charge in [0.15, 0.2) is 6.19 Å². The molecule has 0 radical (unpaired) electrons. The fourth-order valence-corrected chi connectivity index (χ4v) is 1.82. The number of halogens is 1. The van der Waals surface area contributed by atoms with Gasteiger partial charge in [-0.15, -0.1) is 0 Å². The first-order valence-electron chi connectivity index (χ1n) is 5.81. The Hall–Kier alpha value is -2.36. The van der Waals surface area contributed by atoms with Crippen LogP contribution in [-0.4, -0.2) is 6.03 Å². The highest BCUT2D eigenvalue weighted by atomic mass is 35.5. The second-order valence-corrected chi connectivity index (χ2v) is 4.74. The number of carbonyl (C=O) groups excluding carboxylic acids is 1. The molecular weight excluding hydrogens is 310 g/mol. The quantitative estimate of drug-likeness (QED) is 0.511. The van der Waals surface area contributed by atoms with Gasteiger partial charge in [-0.2, -0.15) is 5.26 Å². The Morgan fingerprint density at radius 3 is 2.19 bits per heavy atom. The normalized spacial score (nSPS) is 9.57. The minimum atomic E-state index is -0.632. The Balaban J connectivity index is 2.07. The van der Waals surface area contributed by atoms with Crippen molar-refractivity contribution in [3.05, 3.63) is 53.6 Å². The molecule has 2 amide bonds. The minimum absolute atomic E-state index is 0.509. The average Bonchev–Trinajstić information content (AvgIpc) is 2.50. The molecule has 0 aliphatic rings. The summed E-state index contributed by atoms with van der Waals surface area (Å²) >= 11 is 9.80. The smallest absolute Gasteiger partial charge is 0.345 e. The molecular formula is C14H10ClN3O2S. The van der Waals surface area contributed by atoms with Gasteiger partial charge in [-0.05, 0) is 48.5 Å². The lowest BCUT2D eigenvalue weighted by molar-refractivity contribution is 0.253. The number of hydrogen-bond donors (Lipinski definition) is 2. The van der Waals surface area contributed by atoms with E-state index in [1.807, 2.05) is 5.32 Å². The number of nitrogens with zero attached hydrogens (tertiary/aromatic N) is 2. The number of anilines is 1. The van der Waals surface area contributed by atoms with E-state index in [4.69, 9.17) is 21.6 Å². The highest BCUT2D eigenvalue weighted by Crippen LogP contribution is 2.26. The first kappa shape index (κ1) is 15.0. The lowest BCUT2D eigenvalue weighted by Gasteiger charge is -2.14. The summed E-state index contributed by atoms with van der Waals surface area (Å²) in [7, 11) is 0. The van der Waals surface area contributed by atoms with E-state index in [0.29, 0.717) is 22.2 Å². The Morgan fingerprint density at radius 2 is 1.67 bits per heavy atom. The Morgan fingerprint density at radius 1 is 1.14 bits per heavy atom. The molecule has 2 aromatic carbocycles. The molecule has 2 rings (SSSR count). The molecule has 0 aromatic heterocycles. The van der Waals surface area contributed by atoms with Crippen LogP contribution in [0.15, 0.2) is 48.5 Å². The van der Waals surface area contributed by atoms with Gasteiger partial charge in [0.05, 0.1) is 5.69 Å². The summed E-state index contributed by atoms with van der Waals surface area (Å²) in [4.78, 5) is 11.4. The van der Waals surface area contributed by atoms with Crippen molar-refractivity contribution < 1.29 is 9.53 Å². The van der Waals surface area contributed by atoms with Crippen LogP contribution < -0.4 is 14.4 Å². The summed E-state index contributed by atoms with van der Waals surface area (Å²) in [6, 6.07) is 13.0. The number of urea groups is 1. The molecule has 5 nitrogen and oxygen atoms in total. The zero-order valence-electron chi connectivity index (χ0n) is 10.7. The number of nitrogens with one attached hydrogen (secondary N) is 1. The summed E-state index contributed by atoms with van der Waals surface area (Å²) in [6.07, 6.45) is 1.54. The number of nitriles is 1. The molecule has 0 saturated carbocycles. The third-order valence-electron chi connectivity index (χ3n) is 2.49. The molecule has 0 atom stereocenters. The van der Waals surface area contributed by atoms with Crippen molar-refractivity contribution >= 4 is 36.1 Å². The molecule has 2 aromatic rings. The van der Waals surface area contributed by atoms with Gasteiger partial charge in [-0.3, -0.25) is 0 Å². The first-order valence-corrected chi connectivity index (χ1v) is 6.59. The largest absolute Gasteiger partial charge is 0.457 e. The zero-order chi connectivity index (χ0) is 15.2. The number of amides is 2. The van der Waals surface area contributed by atoms with Crippen molar-refractivity contribution in [2.24, 2.45) is 0 Å². The lowest BCUT2D eigenvalue weighted by Crippen LogP contribution is -2.30. The molecule has 0 bridgehead atoms. The summed E-state index contributed by atoms with van der Waals surface area (Å²) < 4.78 is 6.64. The Labute approximate surface area is 132 Å². The van der Waals surface area contributed by atoms with E-state index in [1.165, 1.54) is 0 Å². The number of hydrogen-bond acceptors (Lipinski definition) is 4. The second-order valence-electron chi connectivity index (χ2n) is 3.90. The summed E-state index contributed by atoms with van der Waals surface area (Å²) in [5.74, 6) is 1.25. The minimum Gasteiger partial charge on any atom is -0.457 e. The van der Waals surface area contributed by atoms with E-state index in [-0.39, 0.29) is 0 Å². The van der Waals surface area contributed by atoms with E-state index in [2.05, 4.69) is 12.8 Å². The molecule has 21 heavy (non-hydrogen) atoms. The molecule has 0 aliphatic heterocycles. The van der Waals surface area contributed by atoms with E-state index in [1.54, 1.807) is 54.7 Å². The fraction of sp³-hybridized carbons (Fsp3) is 0. The van der Waals surface area contributed by atoms with Gasteiger partial charge in [-0.25, -0.2) is 14.4 Å². The van der Waals surface area contributed by atoms with E-state index >= 15 is 0 Å². The molecule has 0 aliphatic carbocycles. The second kappa shape index (κ2) is 6.88. The van der Waals surface area contributed by atoms with Crippen LogP contribution in [0.2, 0.25) is 5.02 Å². The summed E-state index contributed by atoms with van der Waals surface area (Å²) in [6.45, 7) is 0. The van der Waals surface area contributed by atoms with Crippen LogP contribution >= 0.6 is 24.4 Å². The highest BCUT2D eigenvalue weighted by molar-refractivity contribution is 7.82. The van der Waals surface area contributed by atoms with Gasteiger partial charge in [0.1, 0.15) is 11.5 Å². The summed E-state index contributed by atoms with van der Waals surface area (Å²) in [5, 5.41) is 11.0. The number of benzene rings is 2. The monoisotopic (exact) mass is 319 g/mol. The van der Waals surface area contributed by atoms with Gasteiger partial charge in [0.2, 0.25) is 0 Å². The SMILES string of the molecule is N#CNC(=O)N(S)c1ccc(Oc2ccc(Cl)cc2)cc1. The van der Waals surface area contributed by atoms with Crippen molar-refractivity contribution in [3.8, 4) is 17.7 Å². The molecule has 0 heterocycles. The average molecular weight is 320 g/mol. The topological polar surface area (TPSA) is 65.4 Å². The molecule has 0 fully saturated rings. The molecule has 106 valence electrons. The molecule has 1 N–H and O–H groups in total. The van der Waals surface area contributed by atoms with E-state index < -0.39 is 6.03 Å². The van der Waals surface area contributed by atoms with Gasteiger partial charge >= 0.3 is 6.03 Å². The van der Waals surface area contributed by atoms with Crippen LogP contribution in [0.3, 0.4) is 0 Å². The van der Waals surface area contributed by atoms with Gasteiger partial charge in [0.25, 0.3) is 0 Å². The number of carbonyl (C=O) groups is 1. The molecule has 0 unspecified atom stereocenters. The fourth-order valence-electron chi connectivity index (χ4n) is 1.51. The predicted molar refractivity (Wildman–Crippen MR) is 83.6 cm³/mol. The van der Waals surface area contributed by atoms with Crippen molar-refractivity contribution in [2.45, 2.75) is 0 Å². The molecule has 7 heteroatoms. The van der Waals surface area contributed by atoms with Crippen LogP contribution in [-0.2, 0) is 0 Å². The van der Waals surface area contributed by atoms with Crippen molar-refractivity contribution in [2.75, 3.05) is 4.31 Å². The van der Waals surface area contributed by atoms with E-state index in [9.17, 15) is 4.79 Å². The standard InChI is InChI=1S/C14H10ClN3O2S/c15-10-1-5-12(6-2-10)20-13-7-3-11(4-8-13)18(21)14(19)17-9-16/h1-8,21H,(H,17,19). The van der Waals surface area contributed by atoms with Crippen LogP contribution in [0.1, 0.15) is 0 Å². The van der Waals surface area contributed by atoms with Crippen molar-refractivity contribution in [1.29, 1.82) is 5.26 Å². The highest BCUT2D eigenvalue weighted by Gasteiger charge is 2.11. The molecule has 0 saturated heterocycles. The van der Waals surface area contributed by atoms with Crippen LogP contribution in [0.4, 0.5) is 10.5 Å². The maximum atomic E-state index is 11.4. The van der Waals surface area contributed by atoms with Gasteiger partial charge in [-0.1, -0.05) is 24.4 Å².